The molecular weight excluding hydrogens is 330 g/mol. The van der Waals surface area contributed by atoms with Crippen molar-refractivity contribution < 1.29 is 9.47 Å². The van der Waals surface area contributed by atoms with Crippen LogP contribution < -0.4 is 0 Å². The molecule has 0 aromatic rings. The van der Waals surface area contributed by atoms with E-state index in [1.165, 1.54) is 0 Å². The number of ether oxygens (including phenoxy) is 2. The molecular formula is C19H41N5O2. The van der Waals surface area contributed by atoms with Crippen molar-refractivity contribution in [3.8, 4) is 0 Å². The Bertz CT molecular complexity index is 329. The molecule has 2 bridgehead atoms. The van der Waals surface area contributed by atoms with Gasteiger partial charge in [0, 0.05) is 78.5 Å². The van der Waals surface area contributed by atoms with E-state index < -0.39 is 0 Å². The molecule has 154 valence electrons. The van der Waals surface area contributed by atoms with Crippen LogP contribution in [0.4, 0.5) is 0 Å². The van der Waals surface area contributed by atoms with Gasteiger partial charge in [-0.15, -0.1) is 0 Å². The molecule has 2 aliphatic rings. The molecule has 7 heteroatoms. The van der Waals surface area contributed by atoms with E-state index in [2.05, 4.69) is 45.6 Å². The Labute approximate surface area is 160 Å². The van der Waals surface area contributed by atoms with Crippen LogP contribution in [0.2, 0.25) is 0 Å². The van der Waals surface area contributed by atoms with Gasteiger partial charge in [-0.25, -0.2) is 0 Å². The summed E-state index contributed by atoms with van der Waals surface area (Å²) in [4.78, 5) is 12.5. The molecule has 2 aliphatic heterocycles. The van der Waals surface area contributed by atoms with E-state index in [1.807, 2.05) is 0 Å². The van der Waals surface area contributed by atoms with Crippen LogP contribution in [0.3, 0.4) is 0 Å². The second-order valence-corrected chi connectivity index (χ2v) is 7.82. The zero-order valence-electron chi connectivity index (χ0n) is 17.4. The van der Waals surface area contributed by atoms with Crippen molar-refractivity contribution in [1.82, 2.24) is 24.5 Å². The Kier molecular flexibility index (Phi) is 11.0. The van der Waals surface area contributed by atoms with Crippen LogP contribution in [0.5, 0.6) is 0 Å². The summed E-state index contributed by atoms with van der Waals surface area (Å²) in [6.45, 7) is 16.2. The van der Waals surface area contributed by atoms with E-state index in [4.69, 9.17) is 9.47 Å². The monoisotopic (exact) mass is 371 g/mol. The average molecular weight is 372 g/mol. The van der Waals surface area contributed by atoms with E-state index in [-0.39, 0.29) is 0 Å². The summed E-state index contributed by atoms with van der Waals surface area (Å²) in [6, 6.07) is 0. The molecule has 0 aromatic carbocycles. The molecule has 2 unspecified atom stereocenters. The van der Waals surface area contributed by atoms with Gasteiger partial charge in [0.2, 0.25) is 0 Å². The molecule has 0 N–H and O–H groups in total. The maximum atomic E-state index is 5.79. The van der Waals surface area contributed by atoms with Crippen LogP contribution in [0.25, 0.3) is 0 Å². The molecule has 2 heterocycles. The second kappa shape index (κ2) is 13.0. The fourth-order valence-corrected chi connectivity index (χ4v) is 3.31. The van der Waals surface area contributed by atoms with E-state index in [9.17, 15) is 0 Å². The Balaban J connectivity index is 2.02. The predicted molar refractivity (Wildman–Crippen MR) is 107 cm³/mol. The molecule has 0 saturated carbocycles. The number of fused-ring (bicyclic) bond motifs is 6. The topological polar surface area (TPSA) is 34.7 Å². The molecule has 0 radical (unpaired) electrons. The van der Waals surface area contributed by atoms with Crippen LogP contribution in [0, 0.1) is 0 Å². The van der Waals surface area contributed by atoms with Gasteiger partial charge in [-0.05, 0) is 21.1 Å². The molecule has 0 amide bonds. The normalized spacial score (nSPS) is 31.5. The number of rotatable bonds is 0. The van der Waals surface area contributed by atoms with E-state index in [0.29, 0.717) is 13.2 Å². The molecule has 7 nitrogen and oxygen atoms in total. The Morgan fingerprint density at radius 2 is 0.692 bits per heavy atom. The lowest BCUT2D eigenvalue weighted by Gasteiger charge is -2.28. The minimum Gasteiger partial charge on any atom is -0.378 e. The smallest absolute Gasteiger partial charge is 0.0701 e. The number of nitrogens with zero attached hydrogens (tertiary/aromatic N) is 5. The summed E-state index contributed by atoms with van der Waals surface area (Å²) in [5, 5.41) is 0. The largest absolute Gasteiger partial charge is 0.378 e. The average Bonchev–Trinajstić information content (AvgIpc) is 2.64. The number of hydrogen-bond acceptors (Lipinski definition) is 7. The minimum atomic E-state index is 0.705. The Morgan fingerprint density at radius 3 is 1.04 bits per heavy atom. The van der Waals surface area contributed by atoms with Crippen molar-refractivity contribution in [2.24, 2.45) is 0 Å². The van der Waals surface area contributed by atoms with Crippen molar-refractivity contribution in [3.63, 3.8) is 0 Å². The van der Waals surface area contributed by atoms with Crippen LogP contribution in [-0.2, 0) is 9.47 Å². The van der Waals surface area contributed by atoms with Crippen molar-refractivity contribution in [1.29, 1.82) is 0 Å². The molecule has 0 spiro atoms. The summed E-state index contributed by atoms with van der Waals surface area (Å²) in [5.41, 5.74) is 0. The molecule has 2 atom stereocenters. The van der Waals surface area contributed by atoms with Gasteiger partial charge >= 0.3 is 0 Å². The van der Waals surface area contributed by atoms with Crippen molar-refractivity contribution in [2.45, 2.75) is 0 Å². The molecule has 2 saturated heterocycles. The lowest BCUT2D eigenvalue weighted by Crippen LogP contribution is -2.41. The predicted octanol–water partition coefficient (Wildman–Crippen LogP) is -0.554. The second-order valence-electron chi connectivity index (χ2n) is 7.82. The van der Waals surface area contributed by atoms with Gasteiger partial charge in [0.25, 0.3) is 0 Å². The summed E-state index contributed by atoms with van der Waals surface area (Å²) in [7, 11) is 6.74. The van der Waals surface area contributed by atoms with Gasteiger partial charge in [-0.1, -0.05) is 0 Å². The molecule has 2 fully saturated rings. The highest BCUT2D eigenvalue weighted by molar-refractivity contribution is 4.69. The standard InChI is InChI=1S/C19H41N5O2/c1-20-4-5-21(2)7-11-24-13-9-22(3)8-12-23(10-6-20)14-16-25-18-19-26-17-15-24/h4-19H2,1-3H3. The molecule has 2 rings (SSSR count). The zero-order valence-corrected chi connectivity index (χ0v) is 17.4. The SMILES string of the molecule is CN1CCN(C)CCN2CCOCCOCCN(CC1)CCN(C)CC2. The van der Waals surface area contributed by atoms with Crippen LogP contribution in [0.15, 0.2) is 0 Å². The first-order valence-electron chi connectivity index (χ1n) is 10.3. The molecule has 0 aliphatic carbocycles. The van der Waals surface area contributed by atoms with E-state index in [1.54, 1.807) is 0 Å². The first-order chi connectivity index (χ1) is 12.6. The van der Waals surface area contributed by atoms with E-state index >= 15 is 0 Å². The van der Waals surface area contributed by atoms with Crippen molar-refractivity contribution >= 4 is 0 Å². The third-order valence-corrected chi connectivity index (χ3v) is 5.53. The maximum absolute atomic E-state index is 5.79. The summed E-state index contributed by atoms with van der Waals surface area (Å²) in [5.74, 6) is 0. The third-order valence-electron chi connectivity index (χ3n) is 5.53. The van der Waals surface area contributed by atoms with Gasteiger partial charge in [0.05, 0.1) is 26.4 Å². The van der Waals surface area contributed by atoms with Crippen LogP contribution >= 0.6 is 0 Å². The lowest BCUT2D eigenvalue weighted by atomic mass is 10.4. The Morgan fingerprint density at radius 1 is 0.385 bits per heavy atom. The van der Waals surface area contributed by atoms with Crippen LogP contribution in [-0.4, -0.2) is 151 Å². The lowest BCUT2D eigenvalue weighted by molar-refractivity contribution is 0.0305. The van der Waals surface area contributed by atoms with Gasteiger partial charge in [-0.2, -0.15) is 0 Å². The van der Waals surface area contributed by atoms with Crippen molar-refractivity contribution in [3.05, 3.63) is 0 Å². The summed E-state index contributed by atoms with van der Waals surface area (Å²) < 4.78 is 11.6. The molecule has 26 heavy (non-hydrogen) atoms. The Hall–Kier alpha value is -0.280. The fraction of sp³-hybridized carbons (Fsp3) is 1.00. The van der Waals surface area contributed by atoms with Gasteiger partial charge < -0.3 is 24.2 Å². The van der Waals surface area contributed by atoms with Gasteiger partial charge in [0.15, 0.2) is 0 Å². The van der Waals surface area contributed by atoms with Crippen molar-refractivity contribution in [2.75, 3.05) is 126 Å². The van der Waals surface area contributed by atoms with Gasteiger partial charge in [-0.3, -0.25) is 9.80 Å². The maximum Gasteiger partial charge on any atom is 0.0701 e. The fourth-order valence-electron chi connectivity index (χ4n) is 3.31. The zero-order chi connectivity index (χ0) is 18.6. The van der Waals surface area contributed by atoms with E-state index in [0.717, 1.165) is 91.8 Å². The highest BCUT2D eigenvalue weighted by Crippen LogP contribution is 1.99. The van der Waals surface area contributed by atoms with Crippen LogP contribution in [0.1, 0.15) is 0 Å². The summed E-state index contributed by atoms with van der Waals surface area (Å²) >= 11 is 0. The highest BCUT2D eigenvalue weighted by atomic mass is 16.5. The highest BCUT2D eigenvalue weighted by Gasteiger charge is 2.13. The molecule has 0 aromatic heterocycles. The third kappa shape index (κ3) is 9.60. The van der Waals surface area contributed by atoms with Gasteiger partial charge in [0.1, 0.15) is 0 Å². The number of likely N-dealkylation sites (N-methyl/N-ethyl adjacent to an activating group) is 3. The first kappa shape index (κ1) is 22.0. The first-order valence-corrected chi connectivity index (χ1v) is 10.3. The minimum absolute atomic E-state index is 0.705. The number of hydrogen-bond donors (Lipinski definition) is 0. The summed E-state index contributed by atoms with van der Waals surface area (Å²) in [6.07, 6.45) is 0. The quantitative estimate of drug-likeness (QED) is 0.529.